The highest BCUT2D eigenvalue weighted by atomic mass is 32.2. The van der Waals surface area contributed by atoms with Gasteiger partial charge in [0.15, 0.2) is 11.6 Å². The van der Waals surface area contributed by atoms with Crippen molar-refractivity contribution in [1.29, 1.82) is 0 Å². The minimum absolute atomic E-state index is 0.0355. The van der Waals surface area contributed by atoms with Gasteiger partial charge in [-0.15, -0.1) is 0 Å². The van der Waals surface area contributed by atoms with E-state index >= 15 is 0 Å². The summed E-state index contributed by atoms with van der Waals surface area (Å²) in [6.45, 7) is 1.83. The lowest BCUT2D eigenvalue weighted by Crippen LogP contribution is -2.40. The van der Waals surface area contributed by atoms with Crippen molar-refractivity contribution in [3.8, 4) is 0 Å². The summed E-state index contributed by atoms with van der Waals surface area (Å²) >= 11 is 0. The van der Waals surface area contributed by atoms with Gasteiger partial charge >= 0.3 is 0 Å². The number of carbonyl (C=O) groups is 1. The minimum atomic E-state index is -3.70. The van der Waals surface area contributed by atoms with E-state index in [-0.39, 0.29) is 11.3 Å². The zero-order valence-corrected chi connectivity index (χ0v) is 12.6. The zero-order valence-electron chi connectivity index (χ0n) is 11.8. The molecule has 0 bridgehead atoms. The van der Waals surface area contributed by atoms with Gasteiger partial charge < -0.3 is 5.32 Å². The van der Waals surface area contributed by atoms with Crippen molar-refractivity contribution in [2.45, 2.75) is 25.8 Å². The van der Waals surface area contributed by atoms with Crippen molar-refractivity contribution >= 4 is 15.9 Å². The minimum Gasteiger partial charge on any atom is -0.357 e. The Bertz CT molecular complexity index is 605. The molecule has 0 radical (unpaired) electrons. The van der Waals surface area contributed by atoms with Crippen molar-refractivity contribution in [2.75, 3.05) is 12.8 Å². The molecule has 0 saturated heterocycles. The largest absolute Gasteiger partial charge is 0.357 e. The van der Waals surface area contributed by atoms with Crippen molar-refractivity contribution in [2.24, 2.45) is 0 Å². The fourth-order valence-corrected chi connectivity index (χ4v) is 3.07. The summed E-state index contributed by atoms with van der Waals surface area (Å²) in [5.74, 6) is -3.00. The molecule has 0 aromatic heterocycles. The van der Waals surface area contributed by atoms with Crippen LogP contribution in [0.4, 0.5) is 8.78 Å². The van der Waals surface area contributed by atoms with Gasteiger partial charge in [-0.1, -0.05) is 19.4 Å². The Labute approximate surface area is 122 Å². The number of likely N-dealkylation sites (N-methyl/N-ethyl adjacent to an activating group) is 1. The topological polar surface area (TPSA) is 75.3 Å². The molecule has 0 saturated carbocycles. The van der Waals surface area contributed by atoms with Gasteiger partial charge in [0.2, 0.25) is 15.9 Å². The Morgan fingerprint density at radius 1 is 1.29 bits per heavy atom. The molecule has 0 aliphatic carbocycles. The van der Waals surface area contributed by atoms with Crippen molar-refractivity contribution in [3.63, 3.8) is 0 Å². The first-order valence-corrected chi connectivity index (χ1v) is 8.12. The molecule has 1 amide bonds. The highest BCUT2D eigenvalue weighted by molar-refractivity contribution is 7.89. The van der Waals surface area contributed by atoms with E-state index in [1.807, 2.05) is 6.92 Å². The summed E-state index contributed by atoms with van der Waals surface area (Å²) in [5, 5.41) is 2.29. The molecule has 1 aromatic carbocycles. The Balaban J connectivity index is 3.06. The predicted molar refractivity (Wildman–Crippen MR) is 75.0 cm³/mol. The number of rotatable bonds is 7. The molecule has 0 aliphatic heterocycles. The van der Waals surface area contributed by atoms with Crippen LogP contribution in [0.15, 0.2) is 18.2 Å². The van der Waals surface area contributed by atoms with Gasteiger partial charge in [0.05, 0.1) is 5.75 Å². The molecule has 21 heavy (non-hydrogen) atoms. The van der Waals surface area contributed by atoms with Gasteiger partial charge in [0, 0.05) is 7.05 Å². The monoisotopic (exact) mass is 320 g/mol. The lowest BCUT2D eigenvalue weighted by Gasteiger charge is -2.18. The van der Waals surface area contributed by atoms with E-state index in [1.165, 1.54) is 13.1 Å². The summed E-state index contributed by atoms with van der Waals surface area (Å²) in [6.07, 6.45) is 1.12. The number of carbonyl (C=O) groups excluding carboxylic acids is 1. The van der Waals surface area contributed by atoms with Crippen LogP contribution < -0.4 is 10.0 Å². The number of benzene rings is 1. The Hall–Kier alpha value is -1.54. The molecular formula is C13H18F2N2O3S. The summed E-state index contributed by atoms with van der Waals surface area (Å²) in [5.41, 5.74) is 0.0355. The van der Waals surface area contributed by atoms with Crippen LogP contribution in [0.25, 0.3) is 0 Å². The molecular weight excluding hydrogens is 302 g/mol. The Kier molecular flexibility index (Phi) is 6.22. The molecule has 0 heterocycles. The maximum atomic E-state index is 13.3. The molecule has 0 unspecified atom stereocenters. The van der Waals surface area contributed by atoms with Gasteiger partial charge in [-0.3, -0.25) is 4.79 Å². The van der Waals surface area contributed by atoms with Crippen molar-refractivity contribution < 1.29 is 22.0 Å². The summed E-state index contributed by atoms with van der Waals surface area (Å²) in [6, 6.07) is 1.52. The van der Waals surface area contributed by atoms with Gasteiger partial charge in [0.1, 0.15) is 6.04 Å². The van der Waals surface area contributed by atoms with Gasteiger partial charge in [-0.25, -0.2) is 17.2 Å². The molecule has 0 spiro atoms. The average molecular weight is 320 g/mol. The van der Waals surface area contributed by atoms with E-state index in [0.29, 0.717) is 12.8 Å². The van der Waals surface area contributed by atoms with E-state index in [2.05, 4.69) is 10.0 Å². The number of unbranched alkanes of at least 4 members (excludes halogenated alkanes) is 1. The maximum Gasteiger partial charge on any atom is 0.242 e. The number of hydrogen-bond donors (Lipinski definition) is 2. The number of nitrogens with one attached hydrogen (secondary N) is 2. The fraction of sp³-hybridized carbons (Fsp3) is 0.462. The third-order valence-corrected chi connectivity index (χ3v) is 4.27. The number of sulfonamides is 1. The van der Waals surface area contributed by atoms with Crippen LogP contribution in [-0.2, 0) is 14.8 Å². The first kappa shape index (κ1) is 17.5. The third kappa shape index (κ3) is 5.05. The van der Waals surface area contributed by atoms with E-state index in [4.69, 9.17) is 0 Å². The fourth-order valence-electron chi connectivity index (χ4n) is 1.68. The van der Waals surface area contributed by atoms with Crippen LogP contribution in [0.3, 0.4) is 0 Å². The smallest absolute Gasteiger partial charge is 0.242 e. The normalized spacial score (nSPS) is 13.0. The second kappa shape index (κ2) is 7.46. The highest BCUT2D eigenvalue weighted by Crippen LogP contribution is 2.18. The molecule has 118 valence electrons. The molecule has 1 rings (SSSR count). The first-order chi connectivity index (χ1) is 9.80. The lowest BCUT2D eigenvalue weighted by atomic mass is 10.1. The summed E-state index contributed by atoms with van der Waals surface area (Å²) in [4.78, 5) is 11.8. The average Bonchev–Trinajstić information content (AvgIpc) is 2.45. The predicted octanol–water partition coefficient (Wildman–Crippen LogP) is 1.47. The second-order valence-electron chi connectivity index (χ2n) is 4.51. The number of hydrogen-bond acceptors (Lipinski definition) is 3. The standard InChI is InChI=1S/C13H18F2N2O3S/c1-3-4-7-21(19,20)17-12(13(18)16-2)9-5-6-10(14)11(15)8-9/h5-6,8,12,17H,3-4,7H2,1-2H3,(H,16,18)/t12-/m0/s1. The molecule has 5 nitrogen and oxygen atoms in total. The SMILES string of the molecule is CCCCS(=O)(=O)N[C@H](C(=O)NC)c1ccc(F)c(F)c1. The lowest BCUT2D eigenvalue weighted by molar-refractivity contribution is -0.122. The van der Waals surface area contributed by atoms with Crippen LogP contribution in [0, 0.1) is 11.6 Å². The van der Waals surface area contributed by atoms with Crippen LogP contribution in [0.1, 0.15) is 31.4 Å². The van der Waals surface area contributed by atoms with Crippen LogP contribution >= 0.6 is 0 Å². The van der Waals surface area contributed by atoms with E-state index in [1.54, 1.807) is 0 Å². The van der Waals surface area contributed by atoms with E-state index < -0.39 is 33.6 Å². The van der Waals surface area contributed by atoms with Crippen LogP contribution in [0.5, 0.6) is 0 Å². The second-order valence-corrected chi connectivity index (χ2v) is 6.38. The van der Waals surface area contributed by atoms with Gasteiger partial charge in [0.25, 0.3) is 0 Å². The van der Waals surface area contributed by atoms with Gasteiger partial charge in [-0.2, -0.15) is 4.72 Å². The van der Waals surface area contributed by atoms with Crippen molar-refractivity contribution in [1.82, 2.24) is 10.0 Å². The van der Waals surface area contributed by atoms with Gasteiger partial charge in [-0.05, 0) is 24.1 Å². The molecule has 8 heteroatoms. The molecule has 1 aromatic rings. The highest BCUT2D eigenvalue weighted by Gasteiger charge is 2.25. The zero-order chi connectivity index (χ0) is 16.0. The third-order valence-electron chi connectivity index (χ3n) is 2.85. The Morgan fingerprint density at radius 2 is 1.95 bits per heavy atom. The summed E-state index contributed by atoms with van der Waals surface area (Å²) < 4.78 is 52.2. The van der Waals surface area contributed by atoms with Crippen LogP contribution in [0.2, 0.25) is 0 Å². The number of amides is 1. The Morgan fingerprint density at radius 3 is 2.48 bits per heavy atom. The molecule has 2 N–H and O–H groups in total. The molecule has 1 atom stereocenters. The molecule has 0 fully saturated rings. The quantitative estimate of drug-likeness (QED) is 0.799. The maximum absolute atomic E-state index is 13.3. The number of halogens is 2. The summed E-state index contributed by atoms with van der Waals surface area (Å²) in [7, 11) is -2.37. The first-order valence-electron chi connectivity index (χ1n) is 6.47. The van der Waals surface area contributed by atoms with Crippen LogP contribution in [-0.4, -0.2) is 27.1 Å². The molecule has 0 aliphatic rings. The van der Waals surface area contributed by atoms with Crippen molar-refractivity contribution in [3.05, 3.63) is 35.4 Å². The van der Waals surface area contributed by atoms with E-state index in [0.717, 1.165) is 12.1 Å². The van der Waals surface area contributed by atoms with E-state index in [9.17, 15) is 22.0 Å².